The molecular formula is C34H45F4NO4. The zero-order chi connectivity index (χ0) is 31.4. The largest absolute Gasteiger partial charge is 0.463 e. The van der Waals surface area contributed by atoms with Crippen LogP contribution in [0.4, 0.5) is 17.6 Å². The number of alkyl halides is 3. The summed E-state index contributed by atoms with van der Waals surface area (Å²) >= 11 is 0. The Morgan fingerprint density at radius 2 is 1.91 bits per heavy atom. The van der Waals surface area contributed by atoms with E-state index in [0.717, 1.165) is 57.1 Å². The van der Waals surface area contributed by atoms with Gasteiger partial charge in [0.05, 0.1) is 0 Å². The first-order chi connectivity index (χ1) is 20.1. The zero-order valence-electron chi connectivity index (χ0n) is 25.7. The van der Waals surface area contributed by atoms with Gasteiger partial charge >= 0.3 is 12.1 Å². The molecule has 43 heavy (non-hydrogen) atoms. The molecule has 1 aromatic heterocycles. The number of ketones is 1. The van der Waals surface area contributed by atoms with E-state index < -0.39 is 23.6 Å². The highest BCUT2D eigenvalue weighted by Gasteiger charge is 2.64. The van der Waals surface area contributed by atoms with E-state index in [1.165, 1.54) is 19.1 Å². The van der Waals surface area contributed by atoms with Crippen molar-refractivity contribution in [3.63, 3.8) is 0 Å². The number of ether oxygens (including phenoxy) is 2. The zero-order valence-corrected chi connectivity index (χ0v) is 25.7. The number of pyridine rings is 1. The van der Waals surface area contributed by atoms with Crippen LogP contribution in [-0.4, -0.2) is 34.6 Å². The molecule has 0 aliphatic heterocycles. The highest BCUT2D eigenvalue weighted by molar-refractivity contribution is 5.84. The SMILES string of the molecule is C=CC(CC[C@@H](C)[C@H]1CC[C@H]2C3CCC4C[C@H](OC(C)=O)CC[C@]4(C)[C@H]3C(=O)C[C@]12C)(Oc1cccc(F)n1)C(F)(F)F. The lowest BCUT2D eigenvalue weighted by Crippen LogP contribution is -2.58. The summed E-state index contributed by atoms with van der Waals surface area (Å²) in [5, 5.41) is 0. The molecule has 3 unspecified atom stereocenters. The molecule has 4 aliphatic carbocycles. The van der Waals surface area contributed by atoms with Gasteiger partial charge in [0.1, 0.15) is 11.9 Å². The molecule has 0 aromatic carbocycles. The van der Waals surface area contributed by atoms with Crippen molar-refractivity contribution in [2.45, 2.75) is 110 Å². The van der Waals surface area contributed by atoms with E-state index in [9.17, 15) is 27.2 Å². The number of aromatic nitrogens is 1. The van der Waals surface area contributed by atoms with E-state index >= 15 is 0 Å². The second-order valence-electron chi connectivity index (χ2n) is 14.4. The standard InChI is InChI=1S/C34H45F4NO4/c1-6-33(34(36,37)38,43-29-9-7-8-28(35)39-29)17-14-20(2)25-12-13-26-24-11-10-22-18-23(42-21(3)40)15-16-31(22,4)30(24)27(41)19-32(25,26)5/h6-9,20,22-26,30H,1,10-19H2,2-5H3/t20-,22?,23-,24?,25-,26+,30-,31+,32-,33?/m1/s1. The van der Waals surface area contributed by atoms with Gasteiger partial charge in [-0.3, -0.25) is 9.59 Å². The molecule has 0 saturated heterocycles. The Kier molecular flexibility index (Phi) is 8.53. The van der Waals surface area contributed by atoms with Crippen molar-refractivity contribution < 1.29 is 36.6 Å². The fourth-order valence-corrected chi connectivity index (χ4v) is 10.1. The van der Waals surface area contributed by atoms with Crippen LogP contribution in [0.1, 0.15) is 91.9 Å². The van der Waals surface area contributed by atoms with Gasteiger partial charge in [0.15, 0.2) is 0 Å². The van der Waals surface area contributed by atoms with Crippen LogP contribution in [0.25, 0.3) is 0 Å². The molecule has 1 heterocycles. The van der Waals surface area contributed by atoms with E-state index in [2.05, 4.69) is 25.4 Å². The van der Waals surface area contributed by atoms with Crippen LogP contribution in [0.2, 0.25) is 0 Å². The number of rotatable bonds is 8. The van der Waals surface area contributed by atoms with Crippen molar-refractivity contribution in [3.05, 3.63) is 36.8 Å². The number of Topliss-reactive ketones (excluding diaryl/α,β-unsaturated/α-hetero) is 1. The molecule has 4 fully saturated rings. The van der Waals surface area contributed by atoms with Gasteiger partial charge in [-0.2, -0.15) is 22.5 Å². The highest BCUT2D eigenvalue weighted by atomic mass is 19.4. The number of nitrogens with zero attached hydrogens (tertiary/aromatic N) is 1. The third-order valence-electron chi connectivity index (χ3n) is 12.2. The fourth-order valence-electron chi connectivity index (χ4n) is 10.1. The van der Waals surface area contributed by atoms with Crippen molar-refractivity contribution in [3.8, 4) is 5.88 Å². The quantitative estimate of drug-likeness (QED) is 0.129. The van der Waals surface area contributed by atoms with Crippen molar-refractivity contribution >= 4 is 11.8 Å². The van der Waals surface area contributed by atoms with Crippen LogP contribution in [0.5, 0.6) is 5.88 Å². The Labute approximate surface area is 252 Å². The van der Waals surface area contributed by atoms with E-state index in [1.54, 1.807) is 0 Å². The van der Waals surface area contributed by atoms with Crippen molar-refractivity contribution in [1.29, 1.82) is 0 Å². The highest BCUT2D eigenvalue weighted by Crippen LogP contribution is 2.67. The number of esters is 1. The van der Waals surface area contributed by atoms with Gasteiger partial charge in [-0.25, -0.2) is 0 Å². The molecule has 9 heteroatoms. The first-order valence-electron chi connectivity index (χ1n) is 15.9. The maximum Gasteiger partial charge on any atom is 0.432 e. The molecule has 238 valence electrons. The van der Waals surface area contributed by atoms with Crippen molar-refractivity contribution in [2.24, 2.45) is 46.3 Å². The summed E-state index contributed by atoms with van der Waals surface area (Å²) in [4.78, 5) is 29.2. The molecular weight excluding hydrogens is 562 g/mol. The molecule has 4 saturated carbocycles. The number of carbonyl (C=O) groups excluding carboxylic acids is 2. The maximum atomic E-state index is 14.4. The molecule has 0 spiro atoms. The lowest BCUT2D eigenvalue weighted by atomic mass is 9.44. The second kappa shape index (κ2) is 11.5. The van der Waals surface area contributed by atoms with Gasteiger partial charge in [-0.15, -0.1) is 0 Å². The van der Waals surface area contributed by atoms with Crippen molar-refractivity contribution in [2.75, 3.05) is 0 Å². The third kappa shape index (κ3) is 5.63. The van der Waals surface area contributed by atoms with Crippen LogP contribution in [0.3, 0.4) is 0 Å². The molecule has 5 rings (SSSR count). The fraction of sp³-hybridized carbons (Fsp3) is 0.735. The van der Waals surface area contributed by atoms with Crippen LogP contribution in [0, 0.1) is 52.3 Å². The van der Waals surface area contributed by atoms with Crippen molar-refractivity contribution in [1.82, 2.24) is 4.98 Å². The number of hydrogen-bond acceptors (Lipinski definition) is 5. The average molecular weight is 608 g/mol. The smallest absolute Gasteiger partial charge is 0.432 e. The Morgan fingerprint density at radius 1 is 1.16 bits per heavy atom. The van der Waals surface area contributed by atoms with Crippen LogP contribution < -0.4 is 4.74 Å². The van der Waals surface area contributed by atoms with Crippen LogP contribution in [0.15, 0.2) is 30.9 Å². The Morgan fingerprint density at radius 3 is 2.56 bits per heavy atom. The van der Waals surface area contributed by atoms with Crippen LogP contribution >= 0.6 is 0 Å². The van der Waals surface area contributed by atoms with Gasteiger partial charge < -0.3 is 9.47 Å². The molecule has 5 nitrogen and oxygen atoms in total. The summed E-state index contributed by atoms with van der Waals surface area (Å²) < 4.78 is 67.9. The topological polar surface area (TPSA) is 65.5 Å². The van der Waals surface area contributed by atoms with Gasteiger partial charge in [0.25, 0.3) is 0 Å². The summed E-state index contributed by atoms with van der Waals surface area (Å²) in [6, 6.07) is 3.52. The first kappa shape index (κ1) is 32.0. The lowest BCUT2D eigenvalue weighted by molar-refractivity contribution is -0.233. The Bertz CT molecular complexity index is 1240. The normalized spacial score (nSPS) is 37.7. The lowest BCUT2D eigenvalue weighted by Gasteiger charge is -2.60. The van der Waals surface area contributed by atoms with Gasteiger partial charge in [-0.1, -0.05) is 33.4 Å². The molecule has 4 aliphatic rings. The summed E-state index contributed by atoms with van der Waals surface area (Å²) in [5.74, 6) is -0.323. The molecule has 0 amide bonds. The van der Waals surface area contributed by atoms with Gasteiger partial charge in [0.2, 0.25) is 17.4 Å². The van der Waals surface area contributed by atoms with E-state index in [4.69, 9.17) is 9.47 Å². The number of carbonyl (C=O) groups is 2. The predicted octanol–water partition coefficient (Wildman–Crippen LogP) is 8.27. The molecule has 0 bridgehead atoms. The van der Waals surface area contributed by atoms with Crippen LogP contribution in [-0.2, 0) is 14.3 Å². The van der Waals surface area contributed by atoms with E-state index in [0.29, 0.717) is 24.0 Å². The van der Waals surface area contributed by atoms with E-state index in [-0.39, 0.29) is 59.4 Å². The summed E-state index contributed by atoms with van der Waals surface area (Å²) in [7, 11) is 0. The minimum absolute atomic E-state index is 0.0116. The Balaban J connectivity index is 1.31. The summed E-state index contributed by atoms with van der Waals surface area (Å²) in [6.45, 7) is 11.4. The summed E-state index contributed by atoms with van der Waals surface area (Å²) in [6.07, 6.45) is 2.50. The first-order valence-corrected chi connectivity index (χ1v) is 15.9. The summed E-state index contributed by atoms with van der Waals surface area (Å²) in [5.41, 5.74) is -3.08. The number of hydrogen-bond donors (Lipinski definition) is 0. The Hall–Kier alpha value is -2.45. The molecule has 1 aromatic rings. The van der Waals surface area contributed by atoms with Gasteiger partial charge in [0, 0.05) is 31.7 Å². The number of fused-ring (bicyclic) bond motifs is 5. The maximum absolute atomic E-state index is 14.4. The predicted molar refractivity (Wildman–Crippen MR) is 153 cm³/mol. The van der Waals surface area contributed by atoms with Gasteiger partial charge in [-0.05, 0) is 104 Å². The third-order valence-corrected chi connectivity index (χ3v) is 12.2. The average Bonchev–Trinajstić information content (AvgIpc) is 3.26. The molecule has 10 atom stereocenters. The second-order valence-corrected chi connectivity index (χ2v) is 14.4. The number of halogens is 4. The monoisotopic (exact) mass is 607 g/mol. The minimum atomic E-state index is -4.78. The molecule has 0 radical (unpaired) electrons. The minimum Gasteiger partial charge on any atom is -0.463 e. The van der Waals surface area contributed by atoms with E-state index in [1.807, 2.05) is 6.92 Å². The molecule has 0 N–H and O–H groups in total.